The van der Waals surface area contributed by atoms with Crippen molar-refractivity contribution in [2.45, 2.75) is 0 Å². The molecule has 1 amide bonds. The van der Waals surface area contributed by atoms with Crippen molar-refractivity contribution in [3.05, 3.63) is 64.2 Å². The van der Waals surface area contributed by atoms with Gasteiger partial charge in [0.05, 0.1) is 21.8 Å². The minimum atomic E-state index is -0.724. The number of nitrogens with one attached hydrogen (secondary N) is 1. The molecule has 0 atom stereocenters. The molecule has 2 aromatic carbocycles. The molecule has 2 aromatic rings. The number of carbonyl (C=O) groups excluding carboxylic acids is 1. The number of benzene rings is 2. The highest BCUT2D eigenvalue weighted by Crippen LogP contribution is 2.23. The van der Waals surface area contributed by atoms with Crippen LogP contribution in [0.4, 0.5) is 14.5 Å². The first kappa shape index (κ1) is 15.3. The van der Waals surface area contributed by atoms with Crippen molar-refractivity contribution in [1.29, 1.82) is 0 Å². The van der Waals surface area contributed by atoms with Gasteiger partial charge in [-0.15, -0.1) is 0 Å². The lowest BCUT2D eigenvalue weighted by Gasteiger charge is -2.11. The first-order valence-electron chi connectivity index (χ1n) is 5.75. The van der Waals surface area contributed by atoms with Crippen LogP contribution in [0.25, 0.3) is 0 Å². The average molecular weight is 327 g/mol. The van der Waals surface area contributed by atoms with Crippen LogP contribution in [0, 0.1) is 11.6 Å². The first-order chi connectivity index (χ1) is 9.91. The molecule has 0 fully saturated rings. The van der Waals surface area contributed by atoms with Crippen molar-refractivity contribution in [1.82, 2.24) is 0 Å². The average Bonchev–Trinajstić information content (AvgIpc) is 2.41. The van der Waals surface area contributed by atoms with Gasteiger partial charge in [-0.25, -0.2) is 8.78 Å². The van der Waals surface area contributed by atoms with E-state index in [0.717, 1.165) is 6.07 Å². The van der Waals surface area contributed by atoms with Crippen LogP contribution in [-0.2, 0) is 0 Å². The zero-order chi connectivity index (χ0) is 15.6. The third-order valence-electron chi connectivity index (χ3n) is 2.70. The largest absolute Gasteiger partial charge is 0.389 e. The van der Waals surface area contributed by atoms with Gasteiger partial charge in [-0.05, 0) is 24.3 Å². The Labute approximate surface area is 129 Å². The van der Waals surface area contributed by atoms with E-state index in [1.807, 2.05) is 0 Å². The molecule has 108 valence electrons. The number of anilines is 1. The lowest BCUT2D eigenvalue weighted by molar-refractivity contribution is 0.102. The molecule has 3 N–H and O–H groups in total. The number of rotatable bonds is 3. The zero-order valence-corrected chi connectivity index (χ0v) is 12.1. The summed E-state index contributed by atoms with van der Waals surface area (Å²) in [6.07, 6.45) is 0. The molecule has 0 saturated carbocycles. The second-order valence-corrected chi connectivity index (χ2v) is 4.90. The van der Waals surface area contributed by atoms with Gasteiger partial charge in [0.2, 0.25) is 0 Å². The highest BCUT2D eigenvalue weighted by molar-refractivity contribution is 7.80. The Morgan fingerprint density at radius 3 is 2.43 bits per heavy atom. The van der Waals surface area contributed by atoms with Crippen LogP contribution in [0.15, 0.2) is 36.4 Å². The Bertz CT molecular complexity index is 737. The van der Waals surface area contributed by atoms with Crippen molar-refractivity contribution in [2.24, 2.45) is 5.73 Å². The number of carbonyl (C=O) groups is 1. The first-order valence-corrected chi connectivity index (χ1v) is 6.54. The van der Waals surface area contributed by atoms with E-state index in [1.54, 1.807) is 0 Å². The topological polar surface area (TPSA) is 55.1 Å². The molecule has 3 nitrogen and oxygen atoms in total. The smallest absolute Gasteiger partial charge is 0.257 e. The van der Waals surface area contributed by atoms with E-state index in [-0.39, 0.29) is 26.8 Å². The molecule has 0 aliphatic rings. The van der Waals surface area contributed by atoms with E-state index in [1.165, 1.54) is 30.3 Å². The summed E-state index contributed by atoms with van der Waals surface area (Å²) in [6.45, 7) is 0. The van der Waals surface area contributed by atoms with Gasteiger partial charge in [-0.3, -0.25) is 4.79 Å². The van der Waals surface area contributed by atoms with Crippen molar-refractivity contribution < 1.29 is 13.6 Å². The van der Waals surface area contributed by atoms with Crippen molar-refractivity contribution in [2.75, 3.05) is 5.32 Å². The number of amides is 1. The second kappa shape index (κ2) is 6.15. The van der Waals surface area contributed by atoms with E-state index in [2.05, 4.69) is 5.32 Å². The highest BCUT2D eigenvalue weighted by Gasteiger charge is 2.17. The summed E-state index contributed by atoms with van der Waals surface area (Å²) in [7, 11) is 0. The van der Waals surface area contributed by atoms with Crippen molar-refractivity contribution >= 4 is 40.4 Å². The number of thiocarbonyl (C=S) groups is 1. The maximum Gasteiger partial charge on any atom is 0.257 e. The van der Waals surface area contributed by atoms with Gasteiger partial charge in [0.25, 0.3) is 5.91 Å². The van der Waals surface area contributed by atoms with Crippen LogP contribution < -0.4 is 11.1 Å². The maximum atomic E-state index is 13.7. The third kappa shape index (κ3) is 3.17. The number of hydrogen-bond acceptors (Lipinski definition) is 2. The van der Waals surface area contributed by atoms with E-state index in [4.69, 9.17) is 29.6 Å². The molecule has 0 aliphatic carbocycles. The second-order valence-electron chi connectivity index (χ2n) is 4.08. The molecule has 2 rings (SSSR count). The van der Waals surface area contributed by atoms with Crippen LogP contribution >= 0.6 is 23.8 Å². The molecule has 0 aliphatic heterocycles. The molecular formula is C14H9ClF2N2OS. The summed E-state index contributed by atoms with van der Waals surface area (Å²) in [5.74, 6) is -2.08. The summed E-state index contributed by atoms with van der Waals surface area (Å²) in [5.41, 5.74) is 5.36. The fourth-order valence-corrected chi connectivity index (χ4v) is 2.17. The van der Waals surface area contributed by atoms with Crippen LogP contribution in [-0.4, -0.2) is 10.9 Å². The molecule has 0 unspecified atom stereocenters. The Kier molecular flexibility index (Phi) is 4.50. The Hall–Kier alpha value is -2.05. The summed E-state index contributed by atoms with van der Waals surface area (Å²) in [6, 6.07) is 7.81. The summed E-state index contributed by atoms with van der Waals surface area (Å²) < 4.78 is 27.0. The van der Waals surface area contributed by atoms with Gasteiger partial charge >= 0.3 is 0 Å². The lowest BCUT2D eigenvalue weighted by Crippen LogP contribution is -2.19. The zero-order valence-electron chi connectivity index (χ0n) is 10.5. The summed E-state index contributed by atoms with van der Waals surface area (Å²) >= 11 is 10.5. The predicted molar refractivity (Wildman–Crippen MR) is 81.7 cm³/mol. The SMILES string of the molecule is NC(=S)c1c(F)cccc1NC(=O)c1cccc(F)c1Cl. The minimum Gasteiger partial charge on any atom is -0.389 e. The molecule has 7 heteroatoms. The van der Waals surface area contributed by atoms with E-state index in [0.29, 0.717) is 0 Å². The fourth-order valence-electron chi connectivity index (χ4n) is 1.75. The lowest BCUT2D eigenvalue weighted by atomic mass is 10.1. The molecular weight excluding hydrogens is 318 g/mol. The Morgan fingerprint density at radius 2 is 1.76 bits per heavy atom. The molecule has 0 heterocycles. The van der Waals surface area contributed by atoms with Gasteiger partial charge < -0.3 is 11.1 Å². The van der Waals surface area contributed by atoms with Gasteiger partial charge in [-0.2, -0.15) is 0 Å². The Balaban J connectivity index is 2.39. The van der Waals surface area contributed by atoms with Crippen molar-refractivity contribution in [3.63, 3.8) is 0 Å². The molecule has 0 radical (unpaired) electrons. The fraction of sp³-hybridized carbons (Fsp3) is 0. The normalized spacial score (nSPS) is 10.2. The number of hydrogen-bond donors (Lipinski definition) is 2. The van der Waals surface area contributed by atoms with Gasteiger partial charge in [-0.1, -0.05) is 36.0 Å². The Morgan fingerprint density at radius 1 is 1.14 bits per heavy atom. The summed E-state index contributed by atoms with van der Waals surface area (Å²) in [4.78, 5) is 11.9. The quantitative estimate of drug-likeness (QED) is 0.849. The highest BCUT2D eigenvalue weighted by atomic mass is 35.5. The number of halogens is 3. The van der Waals surface area contributed by atoms with Gasteiger partial charge in [0.1, 0.15) is 16.6 Å². The van der Waals surface area contributed by atoms with E-state index >= 15 is 0 Å². The monoisotopic (exact) mass is 326 g/mol. The van der Waals surface area contributed by atoms with Gasteiger partial charge in [0, 0.05) is 0 Å². The number of nitrogens with two attached hydrogens (primary N) is 1. The standard InChI is InChI=1S/C14H9ClF2N2OS/c15-12-7(3-1-5-9(12)17)14(20)19-10-6-2-4-8(16)11(10)13(18)21/h1-6H,(H2,18,21)(H,19,20). The van der Waals surface area contributed by atoms with Gasteiger partial charge in [0.15, 0.2) is 0 Å². The molecule has 0 bridgehead atoms. The maximum absolute atomic E-state index is 13.7. The van der Waals surface area contributed by atoms with E-state index in [9.17, 15) is 13.6 Å². The molecule has 0 aromatic heterocycles. The van der Waals surface area contributed by atoms with Crippen molar-refractivity contribution in [3.8, 4) is 0 Å². The third-order valence-corrected chi connectivity index (χ3v) is 3.29. The molecule has 0 spiro atoms. The van der Waals surface area contributed by atoms with Crippen LogP contribution in [0.2, 0.25) is 5.02 Å². The minimum absolute atomic E-state index is 0.0742. The van der Waals surface area contributed by atoms with Crippen LogP contribution in [0.1, 0.15) is 15.9 Å². The molecule has 0 saturated heterocycles. The summed E-state index contributed by atoms with van der Waals surface area (Å²) in [5, 5.41) is 2.10. The molecule has 21 heavy (non-hydrogen) atoms. The predicted octanol–water partition coefficient (Wildman–Crippen LogP) is 3.50. The van der Waals surface area contributed by atoms with Crippen LogP contribution in [0.3, 0.4) is 0 Å². The van der Waals surface area contributed by atoms with Crippen LogP contribution in [0.5, 0.6) is 0 Å². The van der Waals surface area contributed by atoms with E-state index < -0.39 is 17.5 Å².